The van der Waals surface area contributed by atoms with Crippen LogP contribution in [0.2, 0.25) is 0 Å². The number of carbonyl (C=O) groups excluding carboxylic acids is 4. The van der Waals surface area contributed by atoms with Crippen LogP contribution in [0.25, 0.3) is 0 Å². The summed E-state index contributed by atoms with van der Waals surface area (Å²) in [4.78, 5) is 69.4. The summed E-state index contributed by atoms with van der Waals surface area (Å²) in [5, 5.41) is 25.8. The molecule has 0 aliphatic rings. The molecule has 1 unspecified atom stereocenters. The molecule has 0 saturated heterocycles. The van der Waals surface area contributed by atoms with E-state index in [1.165, 1.54) is 32.1 Å². The van der Waals surface area contributed by atoms with Crippen molar-refractivity contribution in [2.75, 3.05) is 65.9 Å². The van der Waals surface area contributed by atoms with Gasteiger partial charge in [-0.3, -0.25) is 23.7 Å². The van der Waals surface area contributed by atoms with Crippen LogP contribution in [-0.2, 0) is 64.0 Å². The van der Waals surface area contributed by atoms with Crippen molar-refractivity contribution in [2.45, 2.75) is 133 Å². The van der Waals surface area contributed by atoms with Gasteiger partial charge >= 0.3 is 24.1 Å². The standard InChI is InChI=1S/C42H65BrF3N3O16S/c43-31-27-32(42(44,45)46)40(34(28-31)66(58,59)60)65-39(55)30-64-26-24-62-22-20-48-37(52)29-63-25-23-61-21-19-47-35(50)18-17-33(41(56)57)49-36(51)15-13-11-9-7-5-3-1-2-4-6-8-10-12-14-16-38(53)54/h27-28,33H,1-26,29-30H2,(H,47,50)(H,48,52)(H,49,51)(H,53,54)(H,56,57)(H,58,59,60). The van der Waals surface area contributed by atoms with Crippen LogP contribution in [0.1, 0.15) is 121 Å². The van der Waals surface area contributed by atoms with E-state index in [0.29, 0.717) is 18.6 Å². The van der Waals surface area contributed by atoms with Gasteiger partial charge in [0.05, 0.1) is 39.6 Å². The Balaban J connectivity index is 2.03. The number of ether oxygens (including phenoxy) is 5. The molecular formula is C42H65BrF3N3O16S. The van der Waals surface area contributed by atoms with Crippen LogP contribution < -0.4 is 20.7 Å². The highest BCUT2D eigenvalue weighted by atomic mass is 79.9. The number of unbranched alkanes of at least 4 members (excludes halogenated alkanes) is 13. The number of aliphatic carboxylic acids is 2. The topological polar surface area (TPSA) is 279 Å². The van der Waals surface area contributed by atoms with Crippen LogP contribution in [0.3, 0.4) is 0 Å². The highest BCUT2D eigenvalue weighted by molar-refractivity contribution is 9.10. The average Bonchev–Trinajstić information content (AvgIpc) is 3.23. The van der Waals surface area contributed by atoms with Crippen molar-refractivity contribution >= 4 is 61.7 Å². The summed E-state index contributed by atoms with van der Waals surface area (Å²) in [5.74, 6) is -5.97. The largest absolute Gasteiger partial charge is 0.481 e. The maximum absolute atomic E-state index is 13.4. The van der Waals surface area contributed by atoms with Crippen LogP contribution >= 0.6 is 15.9 Å². The molecule has 3 amide bonds. The Labute approximate surface area is 391 Å². The van der Waals surface area contributed by atoms with E-state index in [9.17, 15) is 60.0 Å². The molecule has 0 aliphatic carbocycles. The maximum Gasteiger partial charge on any atom is 0.420 e. The lowest BCUT2D eigenvalue weighted by atomic mass is 10.0. The zero-order chi connectivity index (χ0) is 49.2. The van der Waals surface area contributed by atoms with E-state index in [-0.39, 0.29) is 95.4 Å². The van der Waals surface area contributed by atoms with Crippen molar-refractivity contribution < 1.29 is 88.8 Å². The van der Waals surface area contributed by atoms with Crippen molar-refractivity contribution in [3.8, 4) is 5.75 Å². The highest BCUT2D eigenvalue weighted by Crippen LogP contribution is 2.42. The minimum atomic E-state index is -5.20. The van der Waals surface area contributed by atoms with Crippen molar-refractivity contribution in [2.24, 2.45) is 0 Å². The van der Waals surface area contributed by atoms with Gasteiger partial charge in [-0.1, -0.05) is 93.0 Å². The van der Waals surface area contributed by atoms with Crippen molar-refractivity contribution in [1.82, 2.24) is 16.0 Å². The van der Waals surface area contributed by atoms with Crippen LogP contribution in [0, 0.1) is 0 Å². The van der Waals surface area contributed by atoms with Gasteiger partial charge in [-0.05, 0) is 31.4 Å². The second-order valence-electron chi connectivity index (χ2n) is 15.1. The van der Waals surface area contributed by atoms with E-state index in [1.807, 2.05) is 0 Å². The smallest absolute Gasteiger partial charge is 0.420 e. The minimum absolute atomic E-state index is 0.0254. The molecule has 1 rings (SSSR count). The van der Waals surface area contributed by atoms with Gasteiger partial charge in [-0.25, -0.2) is 9.59 Å². The number of rotatable bonds is 40. The van der Waals surface area contributed by atoms with Gasteiger partial charge in [0.25, 0.3) is 10.1 Å². The zero-order valence-corrected chi connectivity index (χ0v) is 39.5. The first-order valence-electron chi connectivity index (χ1n) is 22.0. The van der Waals surface area contributed by atoms with Crippen LogP contribution in [-0.4, -0.2) is 131 Å². The lowest BCUT2D eigenvalue weighted by molar-refractivity contribution is -0.146. The number of amides is 3. The Morgan fingerprint density at radius 3 is 1.58 bits per heavy atom. The molecule has 1 atom stereocenters. The second-order valence-corrected chi connectivity index (χ2v) is 17.4. The number of benzene rings is 1. The molecule has 0 bridgehead atoms. The molecule has 378 valence electrons. The van der Waals surface area contributed by atoms with Gasteiger partial charge in [0, 0.05) is 36.8 Å². The number of halogens is 4. The van der Waals surface area contributed by atoms with E-state index in [4.69, 9.17) is 24.1 Å². The van der Waals surface area contributed by atoms with Crippen molar-refractivity contribution in [3.05, 3.63) is 22.2 Å². The van der Waals surface area contributed by atoms with Gasteiger partial charge in [-0.15, -0.1) is 0 Å². The van der Waals surface area contributed by atoms with Crippen LogP contribution in [0.5, 0.6) is 5.75 Å². The predicted octanol–water partition coefficient (Wildman–Crippen LogP) is 5.59. The molecule has 0 fully saturated rings. The first-order valence-corrected chi connectivity index (χ1v) is 24.2. The lowest BCUT2D eigenvalue weighted by Crippen LogP contribution is -2.41. The van der Waals surface area contributed by atoms with E-state index < -0.39 is 74.9 Å². The Kier molecular flexibility index (Phi) is 32.1. The number of carbonyl (C=O) groups is 6. The Hall–Kier alpha value is -3.94. The summed E-state index contributed by atoms with van der Waals surface area (Å²) in [6, 6.07) is -0.0680. The van der Waals surface area contributed by atoms with Crippen LogP contribution in [0.4, 0.5) is 13.2 Å². The number of carboxylic acids is 2. The van der Waals surface area contributed by atoms with E-state index in [0.717, 1.165) is 51.4 Å². The van der Waals surface area contributed by atoms with E-state index >= 15 is 0 Å². The van der Waals surface area contributed by atoms with E-state index in [1.54, 1.807) is 0 Å². The summed E-state index contributed by atoms with van der Waals surface area (Å²) in [5.41, 5.74) is -1.62. The third kappa shape index (κ3) is 31.1. The average molecular weight is 1040 g/mol. The van der Waals surface area contributed by atoms with Gasteiger partial charge in [0.15, 0.2) is 5.75 Å². The summed E-state index contributed by atoms with van der Waals surface area (Å²) in [7, 11) is -5.20. The molecule has 1 aromatic carbocycles. The fraction of sp³-hybridized carbons (Fsp3) is 0.714. The number of hydrogen-bond acceptors (Lipinski definition) is 13. The molecule has 6 N–H and O–H groups in total. The first-order chi connectivity index (χ1) is 31.3. The number of nitrogens with one attached hydrogen (secondary N) is 3. The van der Waals surface area contributed by atoms with Crippen molar-refractivity contribution in [1.29, 1.82) is 0 Å². The molecule has 1 aromatic rings. The SMILES string of the molecule is O=C(O)CCCCCCCCCCCCCCCCC(=O)NC(CCC(=O)NCCOCCOCC(=O)NCCOCCOCC(=O)Oc1c(C(F)(F)F)cc(Br)cc1S(=O)(=O)O)C(=O)O. The molecule has 0 aromatic heterocycles. The molecule has 0 aliphatic heterocycles. The molecular weight excluding hydrogens is 971 g/mol. The van der Waals surface area contributed by atoms with Crippen molar-refractivity contribution in [3.63, 3.8) is 0 Å². The molecule has 24 heteroatoms. The van der Waals surface area contributed by atoms with E-state index in [2.05, 4.69) is 36.6 Å². The summed E-state index contributed by atoms with van der Waals surface area (Å²) in [6.07, 6.45) is 9.88. The second kappa shape index (κ2) is 35.2. The summed E-state index contributed by atoms with van der Waals surface area (Å²) in [6.45, 7) is -0.917. The monoisotopic (exact) mass is 1040 g/mol. The Bertz CT molecular complexity index is 1740. The normalized spacial score (nSPS) is 12.1. The predicted molar refractivity (Wildman–Crippen MR) is 234 cm³/mol. The number of hydrogen-bond donors (Lipinski definition) is 6. The summed E-state index contributed by atoms with van der Waals surface area (Å²) >= 11 is 2.72. The Morgan fingerprint density at radius 1 is 0.621 bits per heavy atom. The third-order valence-corrected chi connectivity index (χ3v) is 10.8. The first kappa shape index (κ1) is 60.1. The maximum atomic E-state index is 13.4. The quantitative estimate of drug-likeness (QED) is 0.0202. The Morgan fingerprint density at radius 2 is 1.09 bits per heavy atom. The van der Waals surface area contributed by atoms with Crippen LogP contribution in [0.15, 0.2) is 21.5 Å². The zero-order valence-electron chi connectivity index (χ0n) is 37.1. The molecule has 0 spiro atoms. The fourth-order valence-electron chi connectivity index (χ4n) is 6.13. The number of esters is 1. The molecule has 19 nitrogen and oxygen atoms in total. The third-order valence-electron chi connectivity index (χ3n) is 9.49. The lowest BCUT2D eigenvalue weighted by Gasteiger charge is -2.16. The van der Waals surface area contributed by atoms with Gasteiger partial charge in [0.1, 0.15) is 29.7 Å². The minimum Gasteiger partial charge on any atom is -0.481 e. The van der Waals surface area contributed by atoms with Gasteiger partial charge < -0.3 is 49.8 Å². The molecule has 0 saturated carbocycles. The summed E-state index contributed by atoms with van der Waals surface area (Å²) < 4.78 is 97.9. The van der Waals surface area contributed by atoms with Gasteiger partial charge in [0.2, 0.25) is 17.7 Å². The molecule has 0 heterocycles. The number of alkyl halides is 3. The fourth-order valence-corrected chi connectivity index (χ4v) is 7.40. The molecule has 66 heavy (non-hydrogen) atoms. The van der Waals surface area contributed by atoms with Gasteiger partial charge in [-0.2, -0.15) is 21.6 Å². The number of carboxylic acid groups (broad SMARTS) is 2. The highest BCUT2D eigenvalue weighted by Gasteiger charge is 2.39. The molecule has 0 radical (unpaired) electrons.